The van der Waals surface area contributed by atoms with E-state index in [1.165, 1.54) is 0 Å². The maximum atomic E-state index is 12.5. The van der Waals surface area contributed by atoms with E-state index in [4.69, 9.17) is 0 Å². The molecule has 1 amide bonds. The molecule has 4 rings (SSSR count). The summed E-state index contributed by atoms with van der Waals surface area (Å²) >= 11 is 0. The fraction of sp³-hybridized carbons (Fsp3) is 0.389. The number of rotatable bonds is 3. The zero-order valence-corrected chi connectivity index (χ0v) is 13.9. The topological polar surface area (TPSA) is 83.0 Å². The lowest BCUT2D eigenvalue weighted by atomic mass is 9.95. The van der Waals surface area contributed by atoms with Gasteiger partial charge < -0.3 is 4.90 Å². The lowest BCUT2D eigenvalue weighted by molar-refractivity contribution is -0.133. The highest BCUT2D eigenvalue weighted by Gasteiger charge is 2.30. The molecule has 130 valence electrons. The van der Waals surface area contributed by atoms with Gasteiger partial charge in [0.2, 0.25) is 5.91 Å². The number of carbonyl (C=O) groups is 1. The molecule has 0 bridgehead atoms. The quantitative estimate of drug-likeness (QED) is 0.810. The van der Waals surface area contributed by atoms with Gasteiger partial charge in [-0.25, -0.2) is 14.5 Å². The van der Waals surface area contributed by atoms with Crippen molar-refractivity contribution in [2.75, 3.05) is 19.6 Å². The highest BCUT2D eigenvalue weighted by Crippen LogP contribution is 2.27. The van der Waals surface area contributed by atoms with E-state index in [-0.39, 0.29) is 23.6 Å². The van der Waals surface area contributed by atoms with Gasteiger partial charge in [-0.3, -0.25) is 10.1 Å². The third kappa shape index (κ3) is 3.02. The number of hydrogen-bond donors (Lipinski definition) is 2. The molecule has 0 aliphatic carbocycles. The van der Waals surface area contributed by atoms with Crippen molar-refractivity contribution in [3.05, 3.63) is 58.8 Å². The SMILES string of the molecule is O=C(C1C=CCN1)N1CCC(c2n[nH]c(=O)n2-c2ccccc2)CC1. The van der Waals surface area contributed by atoms with Crippen LogP contribution < -0.4 is 11.0 Å². The molecule has 7 nitrogen and oxygen atoms in total. The van der Waals surface area contributed by atoms with E-state index in [9.17, 15) is 9.59 Å². The van der Waals surface area contributed by atoms with Crippen LogP contribution in [0.4, 0.5) is 0 Å². The summed E-state index contributed by atoms with van der Waals surface area (Å²) in [5, 5.41) is 10.00. The Morgan fingerprint density at radius 2 is 1.92 bits per heavy atom. The first-order chi connectivity index (χ1) is 12.2. The summed E-state index contributed by atoms with van der Waals surface area (Å²) in [6, 6.07) is 9.34. The van der Waals surface area contributed by atoms with Gasteiger partial charge in [-0.05, 0) is 25.0 Å². The summed E-state index contributed by atoms with van der Waals surface area (Å²) in [5.74, 6) is 1.05. The summed E-state index contributed by atoms with van der Waals surface area (Å²) < 4.78 is 1.64. The molecule has 2 aliphatic rings. The van der Waals surface area contributed by atoms with Crippen molar-refractivity contribution in [3.8, 4) is 5.69 Å². The Morgan fingerprint density at radius 1 is 1.16 bits per heavy atom. The van der Waals surface area contributed by atoms with Crippen molar-refractivity contribution in [1.82, 2.24) is 25.0 Å². The van der Waals surface area contributed by atoms with Gasteiger partial charge in [0.15, 0.2) is 0 Å². The number of aromatic nitrogens is 3. The highest BCUT2D eigenvalue weighted by atomic mass is 16.2. The van der Waals surface area contributed by atoms with E-state index in [1.54, 1.807) is 4.57 Å². The maximum absolute atomic E-state index is 12.5. The number of carbonyl (C=O) groups excluding carboxylic acids is 1. The Labute approximate surface area is 145 Å². The minimum atomic E-state index is -0.222. The minimum absolute atomic E-state index is 0.134. The number of likely N-dealkylation sites (tertiary alicyclic amines) is 1. The van der Waals surface area contributed by atoms with Gasteiger partial charge in [0.25, 0.3) is 0 Å². The van der Waals surface area contributed by atoms with Crippen LogP contribution in [0.5, 0.6) is 0 Å². The van der Waals surface area contributed by atoms with Crippen molar-refractivity contribution in [3.63, 3.8) is 0 Å². The number of nitrogens with zero attached hydrogens (tertiary/aromatic N) is 3. The largest absolute Gasteiger partial charge is 0.347 e. The van der Waals surface area contributed by atoms with Gasteiger partial charge in [-0.1, -0.05) is 30.4 Å². The first kappa shape index (κ1) is 15.8. The van der Waals surface area contributed by atoms with E-state index < -0.39 is 0 Å². The Hall–Kier alpha value is -2.67. The zero-order chi connectivity index (χ0) is 17.2. The molecule has 1 fully saturated rings. The minimum Gasteiger partial charge on any atom is -0.341 e. The lowest BCUT2D eigenvalue weighted by Gasteiger charge is -2.33. The fourth-order valence-corrected chi connectivity index (χ4v) is 3.60. The first-order valence-electron chi connectivity index (χ1n) is 8.65. The number of hydrogen-bond acceptors (Lipinski definition) is 4. The number of H-pyrrole nitrogens is 1. The van der Waals surface area contributed by atoms with E-state index in [0.29, 0.717) is 13.1 Å². The van der Waals surface area contributed by atoms with Gasteiger partial charge in [-0.2, -0.15) is 5.10 Å². The number of aromatic amines is 1. The lowest BCUT2D eigenvalue weighted by Crippen LogP contribution is -2.46. The molecule has 1 atom stereocenters. The van der Waals surface area contributed by atoms with Gasteiger partial charge in [-0.15, -0.1) is 0 Å². The van der Waals surface area contributed by atoms with Crippen LogP contribution in [0.3, 0.4) is 0 Å². The highest BCUT2D eigenvalue weighted by molar-refractivity contribution is 5.84. The van der Waals surface area contributed by atoms with Crippen LogP contribution in [0.15, 0.2) is 47.3 Å². The summed E-state index contributed by atoms with van der Waals surface area (Å²) in [6.45, 7) is 2.13. The van der Waals surface area contributed by atoms with Crippen molar-refractivity contribution in [2.45, 2.75) is 24.8 Å². The Bertz CT molecular complexity index is 831. The number of amides is 1. The summed E-state index contributed by atoms with van der Waals surface area (Å²) in [5.41, 5.74) is 0.593. The maximum Gasteiger partial charge on any atom is 0.347 e. The molecule has 1 aromatic heterocycles. The average molecular weight is 339 g/mol. The molecule has 0 saturated carbocycles. The third-order valence-corrected chi connectivity index (χ3v) is 4.93. The predicted molar refractivity (Wildman–Crippen MR) is 93.7 cm³/mol. The summed E-state index contributed by atoms with van der Waals surface area (Å²) in [7, 11) is 0. The van der Waals surface area contributed by atoms with Crippen LogP contribution in [-0.4, -0.2) is 51.2 Å². The molecule has 2 aliphatic heterocycles. The summed E-state index contributed by atoms with van der Waals surface area (Å²) in [4.78, 5) is 26.6. The average Bonchev–Trinajstić information content (AvgIpc) is 3.32. The van der Waals surface area contributed by atoms with Crippen molar-refractivity contribution in [2.24, 2.45) is 0 Å². The number of nitrogens with one attached hydrogen (secondary N) is 2. The van der Waals surface area contributed by atoms with Crippen LogP contribution in [0.2, 0.25) is 0 Å². The third-order valence-electron chi connectivity index (χ3n) is 4.93. The molecule has 1 unspecified atom stereocenters. The normalized spacial score (nSPS) is 21.0. The first-order valence-corrected chi connectivity index (χ1v) is 8.65. The number of piperidine rings is 1. The molecule has 0 radical (unpaired) electrons. The number of para-hydroxylation sites is 1. The molecule has 3 heterocycles. The summed E-state index contributed by atoms with van der Waals surface area (Å²) in [6.07, 6.45) is 5.52. The van der Waals surface area contributed by atoms with Gasteiger partial charge in [0, 0.05) is 25.6 Å². The van der Waals surface area contributed by atoms with Crippen LogP contribution in [0, 0.1) is 0 Å². The van der Waals surface area contributed by atoms with Crippen LogP contribution in [-0.2, 0) is 4.79 Å². The van der Waals surface area contributed by atoms with E-state index in [1.807, 2.05) is 47.4 Å². The molecular formula is C18H21N5O2. The Morgan fingerprint density at radius 3 is 2.60 bits per heavy atom. The predicted octanol–water partition coefficient (Wildman–Crippen LogP) is 0.795. The molecule has 2 aromatic rings. The molecule has 7 heteroatoms. The second-order valence-electron chi connectivity index (χ2n) is 6.47. The molecular weight excluding hydrogens is 318 g/mol. The van der Waals surface area contributed by atoms with Crippen LogP contribution >= 0.6 is 0 Å². The monoisotopic (exact) mass is 339 g/mol. The van der Waals surface area contributed by atoms with E-state index in [0.717, 1.165) is 30.9 Å². The van der Waals surface area contributed by atoms with Gasteiger partial charge in [0.1, 0.15) is 11.9 Å². The van der Waals surface area contributed by atoms with Crippen molar-refractivity contribution >= 4 is 5.91 Å². The molecule has 2 N–H and O–H groups in total. The van der Waals surface area contributed by atoms with E-state index >= 15 is 0 Å². The second kappa shape index (κ2) is 6.68. The zero-order valence-electron chi connectivity index (χ0n) is 13.9. The fourth-order valence-electron chi connectivity index (χ4n) is 3.60. The van der Waals surface area contributed by atoms with Crippen LogP contribution in [0.25, 0.3) is 5.69 Å². The van der Waals surface area contributed by atoms with E-state index in [2.05, 4.69) is 15.5 Å². The standard InChI is InChI=1S/C18H21N5O2/c24-17(15-7-4-10-19-15)22-11-8-13(9-12-22)16-20-21-18(25)23(16)14-5-2-1-3-6-14/h1-7,13,15,19H,8-12H2,(H,21,25). The van der Waals surface area contributed by atoms with Gasteiger partial charge >= 0.3 is 5.69 Å². The molecule has 1 aromatic carbocycles. The Kier molecular flexibility index (Phi) is 4.23. The molecule has 25 heavy (non-hydrogen) atoms. The number of benzene rings is 1. The smallest absolute Gasteiger partial charge is 0.341 e. The van der Waals surface area contributed by atoms with Crippen molar-refractivity contribution in [1.29, 1.82) is 0 Å². The molecule has 0 spiro atoms. The van der Waals surface area contributed by atoms with Gasteiger partial charge in [0.05, 0.1) is 5.69 Å². The Balaban J connectivity index is 1.49. The molecule has 1 saturated heterocycles. The van der Waals surface area contributed by atoms with Crippen molar-refractivity contribution < 1.29 is 4.79 Å². The second-order valence-corrected chi connectivity index (χ2v) is 6.47. The van der Waals surface area contributed by atoms with Crippen LogP contribution in [0.1, 0.15) is 24.6 Å².